The number of amides is 1. The van der Waals surface area contributed by atoms with Gasteiger partial charge in [-0.3, -0.25) is 9.59 Å². The molecular weight excluding hydrogens is 388 g/mol. The largest absolute Gasteiger partial charge is 0.337 e. The molecule has 2 aromatic heterocycles. The molecule has 0 bridgehead atoms. The van der Waals surface area contributed by atoms with E-state index in [0.717, 1.165) is 47.2 Å². The van der Waals surface area contributed by atoms with E-state index in [1.807, 2.05) is 57.6 Å². The number of nitrogens with zero attached hydrogens (tertiary/aromatic N) is 2. The van der Waals surface area contributed by atoms with Gasteiger partial charge in [0.2, 0.25) is 0 Å². The number of fused-ring (bicyclic) bond motifs is 3. The van der Waals surface area contributed by atoms with E-state index >= 15 is 0 Å². The fourth-order valence-electron chi connectivity index (χ4n) is 4.02. The molecule has 0 unspecified atom stereocenters. The first-order chi connectivity index (χ1) is 13.7. The van der Waals surface area contributed by atoms with Crippen molar-refractivity contribution >= 4 is 29.0 Å². The highest BCUT2D eigenvalue weighted by Crippen LogP contribution is 2.37. The zero-order valence-electron chi connectivity index (χ0n) is 15.4. The van der Waals surface area contributed by atoms with Crippen molar-refractivity contribution < 1.29 is 4.79 Å². The van der Waals surface area contributed by atoms with Crippen LogP contribution >= 0.6 is 23.1 Å². The molecule has 0 spiro atoms. The lowest BCUT2D eigenvalue weighted by Crippen LogP contribution is -2.39. The normalized spacial score (nSPS) is 15.8. The van der Waals surface area contributed by atoms with Gasteiger partial charge in [0.05, 0.1) is 16.1 Å². The van der Waals surface area contributed by atoms with Crippen molar-refractivity contribution in [1.29, 1.82) is 0 Å². The van der Waals surface area contributed by atoms with Gasteiger partial charge in [-0.15, -0.1) is 11.3 Å². The Morgan fingerprint density at radius 2 is 1.79 bits per heavy atom. The second-order valence-corrected chi connectivity index (χ2v) is 9.21. The summed E-state index contributed by atoms with van der Waals surface area (Å²) in [7, 11) is 0. The van der Waals surface area contributed by atoms with Crippen LogP contribution in [-0.2, 0) is 13.0 Å². The SMILES string of the molecule is O=C(c1cc(-c2ccccc2)c(=O)n2c1-c1sccc1CC2)N1CCSCC1. The number of benzene rings is 1. The van der Waals surface area contributed by atoms with Gasteiger partial charge < -0.3 is 9.47 Å². The number of carbonyl (C=O) groups excluding carboxylic acids is 1. The van der Waals surface area contributed by atoms with Crippen LogP contribution in [0.25, 0.3) is 21.7 Å². The molecule has 0 N–H and O–H groups in total. The smallest absolute Gasteiger partial charge is 0.258 e. The van der Waals surface area contributed by atoms with E-state index in [0.29, 0.717) is 17.7 Å². The molecule has 0 radical (unpaired) electrons. The number of hydrogen-bond donors (Lipinski definition) is 0. The summed E-state index contributed by atoms with van der Waals surface area (Å²) in [4.78, 5) is 29.8. The predicted octanol–water partition coefficient (Wildman–Crippen LogP) is 3.99. The van der Waals surface area contributed by atoms with Crippen LogP contribution in [0.5, 0.6) is 0 Å². The molecule has 0 atom stereocenters. The first kappa shape index (κ1) is 17.8. The number of aryl methyl sites for hydroxylation is 1. The summed E-state index contributed by atoms with van der Waals surface area (Å²) < 4.78 is 1.83. The lowest BCUT2D eigenvalue weighted by Gasteiger charge is -2.29. The minimum atomic E-state index is -0.00833. The van der Waals surface area contributed by atoms with Crippen molar-refractivity contribution in [3.63, 3.8) is 0 Å². The molecule has 142 valence electrons. The van der Waals surface area contributed by atoms with Gasteiger partial charge in [-0.1, -0.05) is 30.3 Å². The molecule has 2 aliphatic heterocycles. The second-order valence-electron chi connectivity index (χ2n) is 7.07. The highest BCUT2D eigenvalue weighted by Gasteiger charge is 2.29. The van der Waals surface area contributed by atoms with Crippen LogP contribution < -0.4 is 5.56 Å². The van der Waals surface area contributed by atoms with Crippen LogP contribution in [0.4, 0.5) is 0 Å². The van der Waals surface area contributed by atoms with Crippen LogP contribution in [0.1, 0.15) is 15.9 Å². The summed E-state index contributed by atoms with van der Waals surface area (Å²) in [6.45, 7) is 2.15. The zero-order chi connectivity index (χ0) is 19.1. The van der Waals surface area contributed by atoms with Gasteiger partial charge in [0, 0.05) is 36.7 Å². The number of thiophene rings is 1. The highest BCUT2D eigenvalue weighted by atomic mass is 32.2. The van der Waals surface area contributed by atoms with E-state index in [1.165, 1.54) is 5.56 Å². The highest BCUT2D eigenvalue weighted by molar-refractivity contribution is 7.99. The minimum absolute atomic E-state index is 0.00833. The fraction of sp³-hybridized carbons (Fsp3) is 0.273. The molecule has 4 heterocycles. The molecule has 1 aromatic carbocycles. The van der Waals surface area contributed by atoms with Crippen LogP contribution in [0.2, 0.25) is 0 Å². The Balaban J connectivity index is 1.74. The maximum Gasteiger partial charge on any atom is 0.258 e. The maximum atomic E-state index is 13.5. The van der Waals surface area contributed by atoms with Gasteiger partial charge in [-0.05, 0) is 35.1 Å². The Bertz CT molecular complexity index is 1100. The Labute approximate surface area is 171 Å². The average Bonchev–Trinajstić information content (AvgIpc) is 3.24. The van der Waals surface area contributed by atoms with Crippen LogP contribution in [-0.4, -0.2) is 40.0 Å². The Hall–Kier alpha value is -2.31. The van der Waals surface area contributed by atoms with Gasteiger partial charge in [-0.2, -0.15) is 11.8 Å². The molecule has 5 rings (SSSR count). The second kappa shape index (κ2) is 7.26. The van der Waals surface area contributed by atoms with Crippen molar-refractivity contribution in [3.8, 4) is 21.7 Å². The first-order valence-electron chi connectivity index (χ1n) is 9.51. The summed E-state index contributed by atoms with van der Waals surface area (Å²) >= 11 is 3.51. The Kier molecular flexibility index (Phi) is 4.61. The molecule has 1 fully saturated rings. The van der Waals surface area contributed by atoms with E-state index in [2.05, 4.69) is 11.4 Å². The fourth-order valence-corrected chi connectivity index (χ4v) is 5.95. The van der Waals surface area contributed by atoms with Crippen molar-refractivity contribution in [2.24, 2.45) is 0 Å². The third-order valence-corrected chi connectivity index (χ3v) is 7.38. The topological polar surface area (TPSA) is 42.3 Å². The summed E-state index contributed by atoms with van der Waals surface area (Å²) in [5, 5.41) is 2.06. The van der Waals surface area contributed by atoms with E-state index in [4.69, 9.17) is 0 Å². The third-order valence-electron chi connectivity index (χ3n) is 5.47. The van der Waals surface area contributed by atoms with Gasteiger partial charge in [0.25, 0.3) is 11.5 Å². The molecule has 1 amide bonds. The van der Waals surface area contributed by atoms with E-state index in [-0.39, 0.29) is 11.5 Å². The Morgan fingerprint density at radius 1 is 1.00 bits per heavy atom. The molecule has 0 saturated carbocycles. The van der Waals surface area contributed by atoms with Crippen LogP contribution in [0.3, 0.4) is 0 Å². The lowest BCUT2D eigenvalue weighted by atomic mass is 9.97. The number of carbonyl (C=O) groups is 1. The number of pyridine rings is 1. The van der Waals surface area contributed by atoms with E-state index in [9.17, 15) is 9.59 Å². The summed E-state index contributed by atoms with van der Waals surface area (Å²) in [5.41, 5.74) is 4.17. The van der Waals surface area contributed by atoms with Crippen LogP contribution in [0, 0.1) is 0 Å². The number of aromatic nitrogens is 1. The van der Waals surface area contributed by atoms with Gasteiger partial charge >= 0.3 is 0 Å². The molecule has 4 nitrogen and oxygen atoms in total. The van der Waals surface area contributed by atoms with Crippen molar-refractivity contribution in [1.82, 2.24) is 9.47 Å². The lowest BCUT2D eigenvalue weighted by molar-refractivity contribution is 0.0772. The first-order valence-corrected chi connectivity index (χ1v) is 11.5. The maximum absolute atomic E-state index is 13.5. The van der Waals surface area contributed by atoms with Crippen molar-refractivity contribution in [3.05, 3.63) is 69.3 Å². The molecule has 0 aliphatic carbocycles. The molecule has 28 heavy (non-hydrogen) atoms. The van der Waals surface area contributed by atoms with Gasteiger partial charge in [-0.25, -0.2) is 0 Å². The van der Waals surface area contributed by atoms with Gasteiger partial charge in [0.1, 0.15) is 0 Å². The van der Waals surface area contributed by atoms with Gasteiger partial charge in [0.15, 0.2) is 0 Å². The summed E-state index contributed by atoms with van der Waals surface area (Å²) in [6.07, 6.45) is 0.831. The summed E-state index contributed by atoms with van der Waals surface area (Å²) in [6, 6.07) is 13.6. The summed E-state index contributed by atoms with van der Waals surface area (Å²) in [5.74, 6) is 1.98. The zero-order valence-corrected chi connectivity index (χ0v) is 17.0. The number of hydrogen-bond acceptors (Lipinski definition) is 4. The molecular formula is C22H20N2O2S2. The number of thioether (sulfide) groups is 1. The quantitative estimate of drug-likeness (QED) is 0.644. The standard InChI is InChI=1S/C22H20N2O2S2/c25-21(23-9-12-27-13-10-23)18-14-17(15-4-2-1-3-5-15)22(26)24-8-6-16-7-11-28-20(16)19(18)24/h1-5,7,11,14H,6,8-10,12-13H2. The monoisotopic (exact) mass is 408 g/mol. The third kappa shape index (κ3) is 2.91. The van der Waals surface area contributed by atoms with E-state index in [1.54, 1.807) is 11.3 Å². The van der Waals surface area contributed by atoms with Crippen molar-refractivity contribution in [2.45, 2.75) is 13.0 Å². The molecule has 1 saturated heterocycles. The van der Waals surface area contributed by atoms with E-state index < -0.39 is 0 Å². The van der Waals surface area contributed by atoms with Crippen LogP contribution in [0.15, 0.2) is 52.6 Å². The molecule has 6 heteroatoms. The number of rotatable bonds is 2. The molecule has 2 aliphatic rings. The average molecular weight is 409 g/mol. The predicted molar refractivity (Wildman–Crippen MR) is 116 cm³/mol. The van der Waals surface area contributed by atoms with Crippen molar-refractivity contribution in [2.75, 3.05) is 24.6 Å². The molecule has 3 aromatic rings. The minimum Gasteiger partial charge on any atom is -0.337 e. The Morgan fingerprint density at radius 3 is 2.57 bits per heavy atom.